The van der Waals surface area contributed by atoms with Crippen molar-refractivity contribution in [1.29, 1.82) is 0 Å². The monoisotopic (exact) mass is 410 g/mol. The lowest BCUT2D eigenvalue weighted by molar-refractivity contribution is -0.116. The second-order valence-corrected chi connectivity index (χ2v) is 8.10. The van der Waals surface area contributed by atoms with Crippen LogP contribution in [0.25, 0.3) is 21.5 Å². The first-order valence-electron chi connectivity index (χ1n) is 8.91. The van der Waals surface area contributed by atoms with Crippen molar-refractivity contribution in [2.24, 2.45) is 0 Å². The highest BCUT2D eigenvalue weighted by atomic mass is 32.1. The number of hydrogen-bond donors (Lipinski definition) is 1. The fourth-order valence-electron chi connectivity index (χ4n) is 2.91. The number of anilines is 1. The van der Waals surface area contributed by atoms with Gasteiger partial charge in [-0.05, 0) is 23.4 Å². The Morgan fingerprint density at radius 1 is 1.18 bits per heavy atom. The third-order valence-corrected chi connectivity index (χ3v) is 5.88. The number of nitrogens with one attached hydrogen (secondary N) is 1. The summed E-state index contributed by atoms with van der Waals surface area (Å²) in [5.41, 5.74) is 2.92. The van der Waals surface area contributed by atoms with Gasteiger partial charge in [0.05, 0.1) is 17.4 Å². The Kier molecular flexibility index (Phi) is 5.31. The van der Waals surface area contributed by atoms with Crippen LogP contribution in [0.2, 0.25) is 0 Å². The molecule has 4 aromatic rings. The van der Waals surface area contributed by atoms with Crippen LogP contribution in [0.4, 0.5) is 5.13 Å². The van der Waals surface area contributed by atoms with Gasteiger partial charge in [0.2, 0.25) is 5.91 Å². The third-order valence-electron chi connectivity index (χ3n) is 4.30. The number of amides is 1. The summed E-state index contributed by atoms with van der Waals surface area (Å²) in [4.78, 5) is 34.1. The van der Waals surface area contributed by atoms with E-state index in [0.717, 1.165) is 24.1 Å². The quantitative estimate of drug-likeness (QED) is 0.517. The van der Waals surface area contributed by atoms with Crippen molar-refractivity contribution in [2.45, 2.75) is 26.3 Å². The molecule has 1 N–H and O–H groups in total. The van der Waals surface area contributed by atoms with Gasteiger partial charge in [-0.15, -0.1) is 22.7 Å². The number of aromatic nitrogens is 3. The van der Waals surface area contributed by atoms with Crippen molar-refractivity contribution < 1.29 is 4.79 Å². The maximum Gasteiger partial charge on any atom is 0.262 e. The van der Waals surface area contributed by atoms with Crippen LogP contribution < -0.4 is 10.9 Å². The molecule has 28 heavy (non-hydrogen) atoms. The number of carbonyl (C=O) groups excluding carboxylic acids is 1. The van der Waals surface area contributed by atoms with Crippen molar-refractivity contribution in [3.8, 4) is 11.3 Å². The zero-order chi connectivity index (χ0) is 19.5. The van der Waals surface area contributed by atoms with Crippen LogP contribution in [0.5, 0.6) is 0 Å². The van der Waals surface area contributed by atoms with Crippen LogP contribution in [0.15, 0.2) is 52.2 Å². The van der Waals surface area contributed by atoms with Gasteiger partial charge in [0.25, 0.3) is 5.56 Å². The average molecular weight is 411 g/mol. The normalized spacial score (nSPS) is 11.0. The van der Waals surface area contributed by atoms with E-state index >= 15 is 0 Å². The molecule has 6 nitrogen and oxygen atoms in total. The number of thiazole rings is 1. The van der Waals surface area contributed by atoms with E-state index in [9.17, 15) is 9.59 Å². The molecular weight excluding hydrogens is 392 g/mol. The topological polar surface area (TPSA) is 76.9 Å². The summed E-state index contributed by atoms with van der Waals surface area (Å²) in [7, 11) is 0. The number of carbonyl (C=O) groups is 1. The molecule has 0 unspecified atom stereocenters. The highest BCUT2D eigenvalue weighted by Crippen LogP contribution is 2.25. The van der Waals surface area contributed by atoms with Gasteiger partial charge in [0.1, 0.15) is 11.4 Å². The Labute approximate surface area is 169 Å². The molecule has 8 heteroatoms. The summed E-state index contributed by atoms with van der Waals surface area (Å²) in [5.74, 6) is -0.308. The Morgan fingerprint density at radius 2 is 2.00 bits per heavy atom. The number of fused-ring (bicyclic) bond motifs is 1. The van der Waals surface area contributed by atoms with Gasteiger partial charge in [0, 0.05) is 10.9 Å². The van der Waals surface area contributed by atoms with E-state index in [1.165, 1.54) is 39.1 Å². The van der Waals surface area contributed by atoms with Crippen LogP contribution in [-0.4, -0.2) is 20.4 Å². The minimum Gasteiger partial charge on any atom is -0.300 e. The molecule has 142 valence electrons. The second-order valence-electron chi connectivity index (χ2n) is 6.35. The van der Waals surface area contributed by atoms with Crippen molar-refractivity contribution >= 4 is 43.9 Å². The lowest BCUT2D eigenvalue weighted by atomic mass is 10.1. The fourth-order valence-corrected chi connectivity index (χ4v) is 4.37. The first-order chi connectivity index (χ1) is 13.6. The molecule has 0 aliphatic carbocycles. The smallest absolute Gasteiger partial charge is 0.262 e. The molecule has 0 aliphatic heterocycles. The molecule has 1 amide bonds. The summed E-state index contributed by atoms with van der Waals surface area (Å²) in [6.45, 7) is 2.06. The summed E-state index contributed by atoms with van der Waals surface area (Å²) in [6, 6.07) is 10.0. The third kappa shape index (κ3) is 3.88. The van der Waals surface area contributed by atoms with Crippen LogP contribution >= 0.6 is 22.7 Å². The predicted molar refractivity (Wildman–Crippen MR) is 114 cm³/mol. The summed E-state index contributed by atoms with van der Waals surface area (Å²) >= 11 is 2.76. The molecule has 4 rings (SSSR count). The number of benzene rings is 1. The Hall–Kier alpha value is -2.84. The minimum atomic E-state index is -0.308. The summed E-state index contributed by atoms with van der Waals surface area (Å²) in [6.07, 6.45) is 3.58. The Balaban J connectivity index is 1.45. The van der Waals surface area contributed by atoms with Gasteiger partial charge < -0.3 is 5.32 Å². The highest BCUT2D eigenvalue weighted by Gasteiger charge is 2.11. The molecule has 0 fully saturated rings. The number of hydrogen-bond acceptors (Lipinski definition) is 6. The molecule has 0 atom stereocenters. The number of aryl methyl sites for hydroxylation is 1. The molecule has 0 saturated carbocycles. The van der Waals surface area contributed by atoms with Crippen LogP contribution in [0, 0.1) is 0 Å². The highest BCUT2D eigenvalue weighted by molar-refractivity contribution is 7.16. The number of nitrogens with zero attached hydrogens (tertiary/aromatic N) is 3. The molecule has 0 bridgehead atoms. The molecule has 0 saturated heterocycles. The van der Waals surface area contributed by atoms with E-state index in [4.69, 9.17) is 0 Å². The van der Waals surface area contributed by atoms with E-state index in [2.05, 4.69) is 34.3 Å². The first kappa shape index (κ1) is 18.5. The van der Waals surface area contributed by atoms with E-state index in [1.807, 2.05) is 22.9 Å². The summed E-state index contributed by atoms with van der Waals surface area (Å²) in [5, 5.41) is 7.53. The average Bonchev–Trinajstić information content (AvgIpc) is 3.35. The largest absolute Gasteiger partial charge is 0.300 e. The fraction of sp³-hybridized carbons (Fsp3) is 0.200. The van der Waals surface area contributed by atoms with E-state index < -0.39 is 0 Å². The number of thiophene rings is 1. The predicted octanol–water partition coefficient (Wildman–Crippen LogP) is 4.17. The molecule has 0 spiro atoms. The summed E-state index contributed by atoms with van der Waals surface area (Å²) < 4.78 is 1.31. The van der Waals surface area contributed by atoms with Gasteiger partial charge in [0.15, 0.2) is 5.13 Å². The van der Waals surface area contributed by atoms with E-state index in [1.54, 1.807) is 6.07 Å². The SMILES string of the molecule is CCCc1ccc(-c2csc(NC(=O)Cn3cnc4sccc4c3=O)n2)cc1. The van der Waals surface area contributed by atoms with Crippen LogP contribution in [0.3, 0.4) is 0 Å². The molecule has 1 aromatic carbocycles. The zero-order valence-corrected chi connectivity index (χ0v) is 16.8. The number of rotatable bonds is 6. The van der Waals surface area contributed by atoms with Crippen molar-refractivity contribution in [1.82, 2.24) is 14.5 Å². The zero-order valence-electron chi connectivity index (χ0n) is 15.2. The maximum atomic E-state index is 12.4. The van der Waals surface area contributed by atoms with Crippen molar-refractivity contribution in [3.63, 3.8) is 0 Å². The lowest BCUT2D eigenvalue weighted by Gasteiger charge is -2.05. The molecule has 3 heterocycles. The van der Waals surface area contributed by atoms with Crippen LogP contribution in [0.1, 0.15) is 18.9 Å². The minimum absolute atomic E-state index is 0.0990. The van der Waals surface area contributed by atoms with Crippen LogP contribution in [-0.2, 0) is 17.8 Å². The van der Waals surface area contributed by atoms with Crippen molar-refractivity contribution in [2.75, 3.05) is 5.32 Å². The standard InChI is InChI=1S/C20H18N4O2S2/c1-2-3-13-4-6-14(7-5-13)16-11-28-20(22-16)23-17(25)10-24-12-21-18-15(19(24)26)8-9-27-18/h4-9,11-12H,2-3,10H2,1H3,(H,22,23,25). The lowest BCUT2D eigenvalue weighted by Crippen LogP contribution is -2.27. The molecular formula is C20H18N4O2S2. The molecule has 0 aliphatic rings. The second kappa shape index (κ2) is 8.04. The van der Waals surface area contributed by atoms with Crippen molar-refractivity contribution in [3.05, 3.63) is 63.3 Å². The van der Waals surface area contributed by atoms with Gasteiger partial charge in [-0.3, -0.25) is 14.2 Å². The van der Waals surface area contributed by atoms with E-state index in [-0.39, 0.29) is 18.0 Å². The first-order valence-corrected chi connectivity index (χ1v) is 10.7. The van der Waals surface area contributed by atoms with Gasteiger partial charge in [-0.1, -0.05) is 37.6 Å². The Morgan fingerprint density at radius 3 is 2.79 bits per heavy atom. The molecule has 0 radical (unpaired) electrons. The van der Waals surface area contributed by atoms with Gasteiger partial charge in [-0.25, -0.2) is 9.97 Å². The van der Waals surface area contributed by atoms with E-state index in [0.29, 0.717) is 15.3 Å². The van der Waals surface area contributed by atoms with Gasteiger partial charge >= 0.3 is 0 Å². The maximum absolute atomic E-state index is 12.4. The molecule has 3 aromatic heterocycles. The Bertz CT molecular complexity index is 1170. The van der Waals surface area contributed by atoms with Gasteiger partial charge in [-0.2, -0.15) is 0 Å².